The molecule has 2 amide bonds. The van der Waals surface area contributed by atoms with Crippen LogP contribution in [0.3, 0.4) is 0 Å². The van der Waals surface area contributed by atoms with E-state index in [2.05, 4.69) is 5.32 Å². The van der Waals surface area contributed by atoms with Crippen LogP contribution >= 0.6 is 0 Å². The van der Waals surface area contributed by atoms with E-state index < -0.39 is 37.2 Å². The van der Waals surface area contributed by atoms with Gasteiger partial charge in [0.05, 0.1) is 6.61 Å². The van der Waals surface area contributed by atoms with Crippen molar-refractivity contribution < 1.29 is 24.9 Å². The minimum absolute atomic E-state index is 0.405. The van der Waals surface area contributed by atoms with Gasteiger partial charge in [-0.25, -0.2) is 4.79 Å². The maximum atomic E-state index is 11.5. The highest BCUT2D eigenvalue weighted by Crippen LogP contribution is 2.24. The predicted octanol–water partition coefficient (Wildman–Crippen LogP) is -2.04. The zero-order valence-electron chi connectivity index (χ0n) is 8.48. The fourth-order valence-corrected chi connectivity index (χ4v) is 1.78. The molecule has 90 valence electrons. The van der Waals surface area contributed by atoms with Crippen LogP contribution in [0.15, 0.2) is 12.3 Å². The number of aliphatic hydroxyl groups excluding tert-OH is 3. The number of nitrogens with zero attached hydrogens (tertiary/aromatic N) is 1. The topological polar surface area (TPSA) is 102 Å². The van der Waals surface area contributed by atoms with Crippen molar-refractivity contribution in [2.75, 3.05) is 13.2 Å². The number of amides is 2. The van der Waals surface area contributed by atoms with Gasteiger partial charge in [-0.05, 0) is 6.08 Å². The molecule has 0 saturated carbocycles. The van der Waals surface area contributed by atoms with Gasteiger partial charge in [-0.3, -0.25) is 4.90 Å². The largest absolute Gasteiger partial charge is 0.394 e. The summed E-state index contributed by atoms with van der Waals surface area (Å²) in [4.78, 5) is 12.6. The Morgan fingerprint density at radius 3 is 2.81 bits per heavy atom. The molecule has 0 aromatic rings. The molecule has 2 aliphatic rings. The highest BCUT2D eigenvalue weighted by atomic mass is 16.6. The van der Waals surface area contributed by atoms with Crippen molar-refractivity contribution in [1.29, 1.82) is 0 Å². The first kappa shape index (κ1) is 11.3. The Balaban J connectivity index is 2.13. The number of carbonyl (C=O) groups excluding carboxylic acids is 1. The first-order chi connectivity index (χ1) is 7.65. The van der Waals surface area contributed by atoms with Gasteiger partial charge >= 0.3 is 6.03 Å². The van der Waals surface area contributed by atoms with Crippen molar-refractivity contribution in [3.63, 3.8) is 0 Å². The lowest BCUT2D eigenvalue weighted by Gasteiger charge is -2.29. The molecule has 1 unspecified atom stereocenters. The van der Waals surface area contributed by atoms with Crippen molar-refractivity contribution in [1.82, 2.24) is 10.2 Å². The molecule has 0 aromatic heterocycles. The smallest absolute Gasteiger partial charge is 0.323 e. The van der Waals surface area contributed by atoms with Gasteiger partial charge < -0.3 is 25.4 Å². The Bertz CT molecular complexity index is 308. The molecule has 7 nitrogen and oxygen atoms in total. The summed E-state index contributed by atoms with van der Waals surface area (Å²) in [6.07, 6.45) is -1.09. The predicted molar refractivity (Wildman–Crippen MR) is 52.1 cm³/mol. The van der Waals surface area contributed by atoms with Crippen molar-refractivity contribution in [3.8, 4) is 0 Å². The van der Waals surface area contributed by atoms with E-state index in [0.717, 1.165) is 4.90 Å². The molecule has 0 radical (unpaired) electrons. The standard InChI is InChI=1S/C9H14N2O5/c12-4-5-6(13)7(14)8(16-5)11-3-1-2-10-9(11)15/h1,3,5-8,12-14H,2,4H2,(H,10,15)/t5-,6+,7?,8-/m1/s1. The second-order valence-corrected chi connectivity index (χ2v) is 3.71. The number of aliphatic hydroxyl groups is 3. The molecular weight excluding hydrogens is 216 g/mol. The Hall–Kier alpha value is -1.15. The lowest BCUT2D eigenvalue weighted by Crippen LogP contribution is -2.50. The highest BCUT2D eigenvalue weighted by molar-refractivity contribution is 5.76. The maximum absolute atomic E-state index is 11.5. The molecule has 1 fully saturated rings. The van der Waals surface area contributed by atoms with E-state index in [1.807, 2.05) is 0 Å². The third kappa shape index (κ3) is 1.78. The minimum Gasteiger partial charge on any atom is -0.394 e. The Morgan fingerprint density at radius 1 is 1.50 bits per heavy atom. The molecule has 2 rings (SSSR count). The number of carbonyl (C=O) groups is 1. The van der Waals surface area contributed by atoms with Crippen molar-refractivity contribution >= 4 is 6.03 Å². The summed E-state index contributed by atoms with van der Waals surface area (Å²) in [5.41, 5.74) is 0. The molecule has 0 bridgehead atoms. The molecule has 4 N–H and O–H groups in total. The van der Waals surface area contributed by atoms with Crippen LogP contribution in [0.4, 0.5) is 4.79 Å². The fourth-order valence-electron chi connectivity index (χ4n) is 1.78. The van der Waals surface area contributed by atoms with Gasteiger partial charge in [0.25, 0.3) is 0 Å². The van der Waals surface area contributed by atoms with Gasteiger partial charge in [-0.15, -0.1) is 0 Å². The molecule has 0 aliphatic carbocycles. The van der Waals surface area contributed by atoms with Crippen molar-refractivity contribution in [3.05, 3.63) is 12.3 Å². The molecule has 7 heteroatoms. The Morgan fingerprint density at radius 2 is 2.25 bits per heavy atom. The molecular formula is C9H14N2O5. The second-order valence-electron chi connectivity index (χ2n) is 3.71. The van der Waals surface area contributed by atoms with E-state index in [4.69, 9.17) is 9.84 Å². The summed E-state index contributed by atoms with van der Waals surface area (Å²) in [5, 5.41) is 30.7. The van der Waals surface area contributed by atoms with Crippen LogP contribution in [0, 0.1) is 0 Å². The van der Waals surface area contributed by atoms with Gasteiger partial charge in [-0.2, -0.15) is 0 Å². The van der Waals surface area contributed by atoms with Crippen molar-refractivity contribution in [2.24, 2.45) is 0 Å². The van der Waals surface area contributed by atoms with Crippen LogP contribution in [0.2, 0.25) is 0 Å². The highest BCUT2D eigenvalue weighted by Gasteiger charge is 2.46. The van der Waals surface area contributed by atoms with E-state index in [-0.39, 0.29) is 0 Å². The van der Waals surface area contributed by atoms with Gasteiger partial charge in [0, 0.05) is 12.7 Å². The molecule has 4 atom stereocenters. The number of hydrogen-bond acceptors (Lipinski definition) is 5. The van der Waals surface area contributed by atoms with E-state index in [9.17, 15) is 15.0 Å². The summed E-state index contributed by atoms with van der Waals surface area (Å²) in [7, 11) is 0. The molecule has 2 heterocycles. The normalized spacial score (nSPS) is 38.9. The molecule has 1 saturated heterocycles. The number of urea groups is 1. The number of rotatable bonds is 2. The maximum Gasteiger partial charge on any atom is 0.323 e. The van der Waals surface area contributed by atoms with E-state index in [0.29, 0.717) is 6.54 Å². The number of nitrogens with one attached hydrogen (secondary N) is 1. The lowest BCUT2D eigenvalue weighted by atomic mass is 10.1. The van der Waals surface area contributed by atoms with Crippen LogP contribution in [0.1, 0.15) is 0 Å². The van der Waals surface area contributed by atoms with E-state index >= 15 is 0 Å². The summed E-state index contributed by atoms with van der Waals surface area (Å²) in [6.45, 7) is 0.0119. The Kier molecular flexibility index (Phi) is 3.10. The number of hydrogen-bond donors (Lipinski definition) is 4. The van der Waals surface area contributed by atoms with Crippen LogP contribution in [-0.4, -0.2) is 63.9 Å². The number of ether oxygens (including phenoxy) is 1. The Labute approximate surface area is 91.9 Å². The SMILES string of the molecule is O=C1NCC=CN1[C@@H]1O[C@H](CO)[C@H](O)C1O. The monoisotopic (exact) mass is 230 g/mol. The van der Waals surface area contributed by atoms with Gasteiger partial charge in [-0.1, -0.05) is 0 Å². The zero-order valence-corrected chi connectivity index (χ0v) is 8.48. The van der Waals surface area contributed by atoms with Gasteiger partial charge in [0.1, 0.15) is 18.3 Å². The average molecular weight is 230 g/mol. The van der Waals surface area contributed by atoms with Crippen LogP contribution in [0.25, 0.3) is 0 Å². The minimum atomic E-state index is -1.23. The van der Waals surface area contributed by atoms with E-state index in [1.165, 1.54) is 6.20 Å². The van der Waals surface area contributed by atoms with Gasteiger partial charge in [0.15, 0.2) is 6.23 Å². The third-order valence-electron chi connectivity index (χ3n) is 2.66. The fraction of sp³-hybridized carbons (Fsp3) is 0.667. The van der Waals surface area contributed by atoms with Crippen LogP contribution in [-0.2, 0) is 4.74 Å². The first-order valence-electron chi connectivity index (χ1n) is 5.00. The van der Waals surface area contributed by atoms with Crippen LogP contribution in [0.5, 0.6) is 0 Å². The molecule has 0 aromatic carbocycles. The van der Waals surface area contributed by atoms with Crippen molar-refractivity contribution in [2.45, 2.75) is 24.5 Å². The second kappa shape index (κ2) is 4.38. The van der Waals surface area contributed by atoms with E-state index in [1.54, 1.807) is 6.08 Å². The first-order valence-corrected chi connectivity index (χ1v) is 5.00. The molecule has 16 heavy (non-hydrogen) atoms. The third-order valence-corrected chi connectivity index (χ3v) is 2.66. The molecule has 2 aliphatic heterocycles. The summed E-state index contributed by atoms with van der Waals surface area (Å²) in [5.74, 6) is 0. The quantitative estimate of drug-likeness (QED) is 0.438. The summed E-state index contributed by atoms with van der Waals surface area (Å²) in [6, 6.07) is -0.405. The summed E-state index contributed by atoms with van der Waals surface area (Å²) < 4.78 is 5.21. The molecule has 0 spiro atoms. The van der Waals surface area contributed by atoms with Crippen LogP contribution < -0.4 is 5.32 Å². The zero-order chi connectivity index (χ0) is 11.7. The van der Waals surface area contributed by atoms with Gasteiger partial charge in [0.2, 0.25) is 0 Å². The lowest BCUT2D eigenvalue weighted by molar-refractivity contribution is -0.0656. The average Bonchev–Trinajstić information content (AvgIpc) is 2.57. The summed E-state index contributed by atoms with van der Waals surface area (Å²) >= 11 is 0.